The summed E-state index contributed by atoms with van der Waals surface area (Å²) in [5.41, 5.74) is -0.162. The van der Waals surface area contributed by atoms with Gasteiger partial charge in [0.25, 0.3) is 0 Å². The molecule has 31 heavy (non-hydrogen) atoms. The van der Waals surface area contributed by atoms with E-state index in [1.165, 1.54) is 0 Å². The summed E-state index contributed by atoms with van der Waals surface area (Å²) in [5, 5.41) is 0. The van der Waals surface area contributed by atoms with Crippen LogP contribution in [-0.4, -0.2) is 72.6 Å². The molecule has 2 rings (SSSR count). The highest BCUT2D eigenvalue weighted by Gasteiger charge is 2.53. The van der Waals surface area contributed by atoms with Gasteiger partial charge in [-0.05, 0) is 18.2 Å². The summed E-state index contributed by atoms with van der Waals surface area (Å²) < 4.78 is 26.6. The number of carbonyl (C=O) groups is 6. The van der Waals surface area contributed by atoms with E-state index < -0.39 is 72.6 Å². The molecule has 1 heterocycles. The maximum Gasteiger partial charge on any atom is 0.303 e. The molecule has 0 bridgehead atoms. The van der Waals surface area contributed by atoms with Gasteiger partial charge in [-0.25, -0.2) is 0 Å². The number of rotatable bonds is 6. The first-order valence-corrected chi connectivity index (χ1v) is 9.28. The predicted molar refractivity (Wildman–Crippen MR) is 99.2 cm³/mol. The molecule has 11 nitrogen and oxygen atoms in total. The minimum absolute atomic E-state index is 0.162. The van der Waals surface area contributed by atoms with Crippen molar-refractivity contribution in [3.63, 3.8) is 0 Å². The summed E-state index contributed by atoms with van der Waals surface area (Å²) in [6, 6.07) is 0. The van der Waals surface area contributed by atoms with Crippen molar-refractivity contribution < 1.29 is 52.5 Å². The zero-order chi connectivity index (χ0) is 23.3. The summed E-state index contributed by atoms with van der Waals surface area (Å²) in [7, 11) is 0. The molecule has 0 aromatic carbocycles. The van der Waals surface area contributed by atoms with Gasteiger partial charge < -0.3 is 23.7 Å². The lowest BCUT2D eigenvalue weighted by atomic mass is 9.87. The van der Waals surface area contributed by atoms with E-state index in [1.54, 1.807) is 0 Å². The summed E-state index contributed by atoms with van der Waals surface area (Å²) >= 11 is 0. The predicted octanol–water partition coefficient (Wildman–Crippen LogP) is -0.254. The van der Waals surface area contributed by atoms with Gasteiger partial charge in [-0.3, -0.25) is 28.8 Å². The van der Waals surface area contributed by atoms with Crippen molar-refractivity contribution in [2.45, 2.75) is 58.2 Å². The van der Waals surface area contributed by atoms with Crippen LogP contribution in [0.1, 0.15) is 27.7 Å². The molecule has 0 amide bonds. The van der Waals surface area contributed by atoms with E-state index in [9.17, 15) is 28.8 Å². The molecule has 0 unspecified atom stereocenters. The number of hydrogen-bond acceptors (Lipinski definition) is 11. The van der Waals surface area contributed by atoms with Gasteiger partial charge >= 0.3 is 23.9 Å². The van der Waals surface area contributed by atoms with E-state index in [-0.39, 0.29) is 5.57 Å². The zero-order valence-corrected chi connectivity index (χ0v) is 17.3. The molecular formula is C20H22O11. The number of allylic oxidation sites excluding steroid dienone is 3. The second-order valence-electron chi connectivity index (χ2n) is 6.82. The van der Waals surface area contributed by atoms with Crippen molar-refractivity contribution in [1.82, 2.24) is 0 Å². The lowest BCUT2D eigenvalue weighted by Crippen LogP contribution is -2.63. The number of ether oxygens (including phenoxy) is 5. The monoisotopic (exact) mass is 438 g/mol. The van der Waals surface area contributed by atoms with E-state index in [0.29, 0.717) is 0 Å². The van der Waals surface area contributed by atoms with Crippen molar-refractivity contribution in [3.8, 4) is 0 Å². The van der Waals surface area contributed by atoms with Crippen molar-refractivity contribution in [3.05, 3.63) is 23.8 Å². The Morgan fingerprint density at radius 2 is 1.35 bits per heavy atom. The minimum atomic E-state index is -1.44. The maximum absolute atomic E-state index is 12.4. The fraction of sp³-hybridized carbons (Fsp3) is 0.500. The van der Waals surface area contributed by atoms with Crippen LogP contribution in [0.25, 0.3) is 0 Å². The molecule has 11 heteroatoms. The molecule has 0 aromatic rings. The fourth-order valence-electron chi connectivity index (χ4n) is 3.23. The average Bonchev–Trinajstić information content (AvgIpc) is 2.64. The van der Waals surface area contributed by atoms with Gasteiger partial charge in [0.2, 0.25) is 0 Å². The van der Waals surface area contributed by atoms with Crippen LogP contribution in [0.4, 0.5) is 0 Å². The Morgan fingerprint density at radius 1 is 0.806 bits per heavy atom. The molecule has 0 saturated carbocycles. The summed E-state index contributed by atoms with van der Waals surface area (Å²) in [5.74, 6) is -4.15. The first kappa shape index (κ1) is 23.9. The molecule has 5 atom stereocenters. The van der Waals surface area contributed by atoms with Crippen LogP contribution in [0.5, 0.6) is 0 Å². The Kier molecular flexibility index (Phi) is 7.81. The third-order valence-electron chi connectivity index (χ3n) is 4.28. The second kappa shape index (κ2) is 10.1. The number of ketones is 2. The van der Waals surface area contributed by atoms with Gasteiger partial charge in [0.1, 0.15) is 18.8 Å². The summed E-state index contributed by atoms with van der Waals surface area (Å²) in [6.07, 6.45) is -3.70. The summed E-state index contributed by atoms with van der Waals surface area (Å²) in [4.78, 5) is 70.8. The van der Waals surface area contributed by atoms with E-state index >= 15 is 0 Å². The highest BCUT2D eigenvalue weighted by atomic mass is 16.7. The second-order valence-corrected chi connectivity index (χ2v) is 6.82. The first-order chi connectivity index (χ1) is 14.5. The van der Waals surface area contributed by atoms with Gasteiger partial charge in [-0.15, -0.1) is 0 Å². The van der Waals surface area contributed by atoms with Crippen molar-refractivity contribution >= 4 is 35.4 Å². The van der Waals surface area contributed by atoms with Crippen molar-refractivity contribution in [2.75, 3.05) is 6.61 Å². The fourth-order valence-corrected chi connectivity index (χ4v) is 3.23. The lowest BCUT2D eigenvalue weighted by Gasteiger charge is -2.44. The van der Waals surface area contributed by atoms with Crippen LogP contribution >= 0.6 is 0 Å². The van der Waals surface area contributed by atoms with Crippen LogP contribution in [0, 0.1) is 0 Å². The number of hydrogen-bond donors (Lipinski definition) is 0. The molecule has 1 saturated heterocycles. The normalized spacial score (nSPS) is 27.7. The Labute approximate surface area is 177 Å². The maximum atomic E-state index is 12.4. The smallest absolute Gasteiger partial charge is 0.303 e. The zero-order valence-electron chi connectivity index (χ0n) is 17.3. The third-order valence-corrected chi connectivity index (χ3v) is 4.28. The molecule has 0 aromatic heterocycles. The van der Waals surface area contributed by atoms with Crippen molar-refractivity contribution in [1.29, 1.82) is 0 Å². The Balaban J connectivity index is 2.55. The molecule has 1 aliphatic carbocycles. The van der Waals surface area contributed by atoms with Crippen LogP contribution < -0.4 is 0 Å². The van der Waals surface area contributed by atoms with E-state index in [4.69, 9.17) is 23.7 Å². The van der Waals surface area contributed by atoms with Gasteiger partial charge in [-0.1, -0.05) is 0 Å². The number of carbonyl (C=O) groups excluding carboxylic acids is 6. The van der Waals surface area contributed by atoms with Crippen molar-refractivity contribution in [2.24, 2.45) is 0 Å². The third kappa shape index (κ3) is 6.32. The quantitative estimate of drug-likeness (QED) is 0.307. The topological polar surface area (TPSA) is 149 Å². The largest absolute Gasteiger partial charge is 0.463 e. The van der Waals surface area contributed by atoms with Crippen LogP contribution in [0.3, 0.4) is 0 Å². The van der Waals surface area contributed by atoms with E-state index in [2.05, 4.69) is 0 Å². The van der Waals surface area contributed by atoms with Gasteiger partial charge in [0.15, 0.2) is 29.9 Å². The van der Waals surface area contributed by atoms with Gasteiger partial charge in [-0.2, -0.15) is 0 Å². The molecule has 168 valence electrons. The molecule has 0 spiro atoms. The highest BCUT2D eigenvalue weighted by Crippen LogP contribution is 2.33. The molecule has 1 aliphatic heterocycles. The van der Waals surface area contributed by atoms with E-state index in [1.807, 2.05) is 0 Å². The van der Waals surface area contributed by atoms with E-state index in [0.717, 1.165) is 45.9 Å². The number of esters is 4. The standard InChI is InChI=1S/C20H22O11/c1-9(21)27-8-16-18(28-10(2)22)20(30-12(4)24)19(29-11(3)23)17(31-16)14-7-13(25)5-6-15(14)26/h5-7,16-20H,8H2,1-4H3/t16-,17+,18+,19+,20+/m1/s1. The minimum Gasteiger partial charge on any atom is -0.463 e. The Hall–Kier alpha value is -3.34. The Morgan fingerprint density at radius 3 is 1.90 bits per heavy atom. The average molecular weight is 438 g/mol. The summed E-state index contributed by atoms with van der Waals surface area (Å²) in [6.45, 7) is 3.97. The highest BCUT2D eigenvalue weighted by molar-refractivity contribution is 6.17. The molecule has 0 radical (unpaired) electrons. The van der Waals surface area contributed by atoms with Gasteiger partial charge in [0.05, 0.1) is 0 Å². The lowest BCUT2D eigenvalue weighted by molar-refractivity contribution is -0.246. The van der Waals surface area contributed by atoms with Crippen LogP contribution in [0.15, 0.2) is 23.8 Å². The first-order valence-electron chi connectivity index (χ1n) is 9.28. The van der Waals surface area contributed by atoms with Gasteiger partial charge in [0, 0.05) is 33.3 Å². The molecular weight excluding hydrogens is 416 g/mol. The van der Waals surface area contributed by atoms with Crippen LogP contribution in [-0.2, 0) is 52.5 Å². The molecule has 0 N–H and O–H groups in total. The van der Waals surface area contributed by atoms with Crippen LogP contribution in [0.2, 0.25) is 0 Å². The molecule has 2 aliphatic rings. The molecule has 1 fully saturated rings. The SMILES string of the molecule is CC(=O)OC[C@H]1O[C@@H](C2=CC(=O)C=CC2=O)[C@H](OC(C)=O)[C@@H](OC(C)=O)[C@H]1OC(C)=O. The Bertz CT molecular complexity index is 853.